The largest absolute Gasteiger partial charge is 0.351 e. The minimum absolute atomic E-state index is 0.187. The first-order chi connectivity index (χ1) is 8.82. The standard InChI is InChI=1S/C15H20N3/c1-16-15-12-18(10-13-6-3-2-4-7-13)11-14(15)8-5-9-17-15/h1-4,6-7,14,17H,5,8-12H2/q+1/t14-,15+/m0/s1. The van der Waals surface area contributed by atoms with E-state index in [0.29, 0.717) is 5.92 Å². The zero-order valence-electron chi connectivity index (χ0n) is 10.7. The summed E-state index contributed by atoms with van der Waals surface area (Å²) >= 11 is 0. The molecular formula is C15H20N3+. The van der Waals surface area contributed by atoms with Crippen molar-refractivity contribution in [1.29, 1.82) is 0 Å². The molecule has 3 rings (SSSR count). The highest BCUT2D eigenvalue weighted by atomic mass is 15.3. The number of likely N-dealkylation sites (tertiary alicyclic amines) is 1. The second kappa shape index (κ2) is 4.72. The Morgan fingerprint density at radius 1 is 1.39 bits per heavy atom. The molecule has 1 aromatic carbocycles. The van der Waals surface area contributed by atoms with Crippen LogP contribution in [0.4, 0.5) is 0 Å². The summed E-state index contributed by atoms with van der Waals surface area (Å²) in [4.78, 5) is 6.65. The third-order valence-corrected chi connectivity index (χ3v) is 4.26. The molecule has 0 radical (unpaired) electrons. The Morgan fingerprint density at radius 2 is 2.22 bits per heavy atom. The van der Waals surface area contributed by atoms with Crippen LogP contribution in [0.3, 0.4) is 0 Å². The highest BCUT2D eigenvalue weighted by molar-refractivity contribution is 5.17. The maximum absolute atomic E-state index is 5.67. The third-order valence-electron chi connectivity index (χ3n) is 4.26. The predicted molar refractivity (Wildman–Crippen MR) is 73.5 cm³/mol. The molecule has 0 unspecified atom stereocenters. The summed E-state index contributed by atoms with van der Waals surface area (Å²) in [6, 6.07) is 10.6. The molecule has 2 heterocycles. The van der Waals surface area contributed by atoms with E-state index in [2.05, 4.69) is 45.4 Å². The average Bonchev–Trinajstić information content (AvgIpc) is 2.78. The second-order valence-electron chi connectivity index (χ2n) is 5.47. The average molecular weight is 242 g/mol. The first-order valence-electron chi connectivity index (χ1n) is 6.76. The Morgan fingerprint density at radius 3 is 2.94 bits per heavy atom. The van der Waals surface area contributed by atoms with E-state index in [-0.39, 0.29) is 5.66 Å². The van der Waals surface area contributed by atoms with Gasteiger partial charge in [0.15, 0.2) is 0 Å². The van der Waals surface area contributed by atoms with E-state index >= 15 is 0 Å². The van der Waals surface area contributed by atoms with Crippen molar-refractivity contribution in [2.24, 2.45) is 5.92 Å². The third kappa shape index (κ3) is 2.03. The van der Waals surface area contributed by atoms with Gasteiger partial charge >= 0.3 is 5.66 Å². The van der Waals surface area contributed by atoms with Crippen molar-refractivity contribution >= 4 is 0 Å². The molecule has 2 saturated heterocycles. The van der Waals surface area contributed by atoms with Crippen LogP contribution in [0.5, 0.6) is 0 Å². The molecule has 0 bridgehead atoms. The summed E-state index contributed by atoms with van der Waals surface area (Å²) in [6.07, 6.45) is 2.47. The molecule has 2 fully saturated rings. The SMILES string of the molecule is C#[N+][C@@]12CN(Cc3ccccc3)C[C@@H]1CCCN2. The smallest absolute Gasteiger partial charge is 0.289 e. The van der Waals surface area contributed by atoms with Gasteiger partial charge in [-0.1, -0.05) is 35.2 Å². The Kier molecular flexibility index (Phi) is 3.07. The number of hydrogen-bond acceptors (Lipinski definition) is 2. The first kappa shape index (κ1) is 11.7. The molecule has 0 amide bonds. The minimum atomic E-state index is -0.187. The van der Waals surface area contributed by atoms with Crippen molar-refractivity contribution in [2.75, 3.05) is 19.6 Å². The Labute approximate surface area is 109 Å². The van der Waals surface area contributed by atoms with Crippen LogP contribution in [0, 0.1) is 12.5 Å². The van der Waals surface area contributed by atoms with Gasteiger partial charge in [0.2, 0.25) is 0 Å². The monoisotopic (exact) mass is 242 g/mol. The van der Waals surface area contributed by atoms with Gasteiger partial charge in [-0.3, -0.25) is 4.90 Å². The van der Waals surface area contributed by atoms with Crippen molar-refractivity contribution in [3.8, 4) is 6.57 Å². The molecule has 1 aromatic rings. The molecule has 0 aliphatic carbocycles. The second-order valence-corrected chi connectivity index (χ2v) is 5.47. The van der Waals surface area contributed by atoms with Crippen molar-refractivity contribution in [3.05, 3.63) is 40.7 Å². The number of nitrogens with zero attached hydrogens (tertiary/aromatic N) is 2. The number of rotatable bonds is 2. The highest BCUT2D eigenvalue weighted by Gasteiger charge is 2.56. The molecule has 0 aromatic heterocycles. The molecule has 2 aliphatic heterocycles. The lowest BCUT2D eigenvalue weighted by Gasteiger charge is -2.25. The van der Waals surface area contributed by atoms with E-state index in [4.69, 9.17) is 6.57 Å². The number of nitrogens with one attached hydrogen (secondary N) is 1. The van der Waals surface area contributed by atoms with E-state index in [1.54, 1.807) is 0 Å². The Hall–Kier alpha value is -1.37. The molecule has 0 spiro atoms. The van der Waals surface area contributed by atoms with Crippen LogP contribution in [0.1, 0.15) is 18.4 Å². The fourth-order valence-corrected chi connectivity index (χ4v) is 3.33. The quantitative estimate of drug-likeness (QED) is 0.857. The van der Waals surface area contributed by atoms with Crippen LogP contribution >= 0.6 is 0 Å². The summed E-state index contributed by atoms with van der Waals surface area (Å²) in [5.74, 6) is 0.569. The van der Waals surface area contributed by atoms with Gasteiger partial charge in [-0.05, 0) is 18.4 Å². The molecular weight excluding hydrogens is 222 g/mol. The van der Waals surface area contributed by atoms with Gasteiger partial charge in [-0.25, -0.2) is 5.32 Å². The van der Waals surface area contributed by atoms with Crippen LogP contribution < -0.4 is 5.32 Å². The van der Waals surface area contributed by atoms with E-state index in [0.717, 1.165) is 26.2 Å². The number of piperidine rings is 1. The summed E-state index contributed by atoms with van der Waals surface area (Å²) in [6.45, 7) is 9.74. The first-order valence-corrected chi connectivity index (χ1v) is 6.76. The van der Waals surface area contributed by atoms with Crippen LogP contribution in [0.2, 0.25) is 0 Å². The zero-order valence-corrected chi connectivity index (χ0v) is 10.7. The number of benzene rings is 1. The number of fused-ring (bicyclic) bond motifs is 1. The van der Waals surface area contributed by atoms with Crippen molar-refractivity contribution in [2.45, 2.75) is 25.0 Å². The molecule has 1 N–H and O–H groups in total. The molecule has 3 nitrogen and oxygen atoms in total. The van der Waals surface area contributed by atoms with Gasteiger partial charge in [0.05, 0.1) is 12.5 Å². The van der Waals surface area contributed by atoms with Crippen LogP contribution in [0.25, 0.3) is 4.85 Å². The van der Waals surface area contributed by atoms with Gasteiger partial charge < -0.3 is 0 Å². The maximum atomic E-state index is 5.67. The molecule has 0 saturated carbocycles. The van der Waals surface area contributed by atoms with E-state index < -0.39 is 0 Å². The van der Waals surface area contributed by atoms with E-state index in [9.17, 15) is 0 Å². The molecule has 18 heavy (non-hydrogen) atoms. The summed E-state index contributed by atoms with van der Waals surface area (Å²) in [7, 11) is 0. The summed E-state index contributed by atoms with van der Waals surface area (Å²) in [5, 5.41) is 3.53. The molecule has 3 heteroatoms. The van der Waals surface area contributed by atoms with E-state index in [1.165, 1.54) is 18.4 Å². The molecule has 2 atom stereocenters. The van der Waals surface area contributed by atoms with Gasteiger partial charge in [0.1, 0.15) is 0 Å². The fraction of sp³-hybridized carbons (Fsp3) is 0.533. The summed E-state index contributed by atoms with van der Waals surface area (Å²) < 4.78 is 0. The van der Waals surface area contributed by atoms with Crippen molar-refractivity contribution in [1.82, 2.24) is 10.2 Å². The van der Waals surface area contributed by atoms with Gasteiger partial charge in [-0.15, -0.1) is 0 Å². The minimum Gasteiger partial charge on any atom is -0.289 e. The fourth-order valence-electron chi connectivity index (χ4n) is 3.33. The van der Waals surface area contributed by atoms with Crippen LogP contribution in [-0.2, 0) is 6.54 Å². The Balaban J connectivity index is 1.72. The van der Waals surface area contributed by atoms with Crippen molar-refractivity contribution < 1.29 is 0 Å². The lowest BCUT2D eigenvalue weighted by Crippen LogP contribution is -2.52. The normalized spacial score (nSPS) is 31.8. The van der Waals surface area contributed by atoms with Crippen molar-refractivity contribution in [3.63, 3.8) is 0 Å². The number of hydrogen-bond donors (Lipinski definition) is 1. The zero-order chi connectivity index (χ0) is 12.4. The predicted octanol–water partition coefficient (Wildman–Crippen LogP) is 2.16. The van der Waals surface area contributed by atoms with Gasteiger partial charge in [-0.2, -0.15) is 0 Å². The van der Waals surface area contributed by atoms with Gasteiger partial charge in [0.25, 0.3) is 6.57 Å². The van der Waals surface area contributed by atoms with Gasteiger partial charge in [0, 0.05) is 19.6 Å². The lowest BCUT2D eigenvalue weighted by atomic mass is 9.88. The van der Waals surface area contributed by atoms with Crippen LogP contribution in [-0.4, -0.2) is 30.2 Å². The highest BCUT2D eigenvalue weighted by Crippen LogP contribution is 2.35. The topological polar surface area (TPSA) is 19.6 Å². The van der Waals surface area contributed by atoms with E-state index in [1.807, 2.05) is 0 Å². The lowest BCUT2D eigenvalue weighted by molar-refractivity contribution is 0.261. The summed E-state index contributed by atoms with van der Waals surface area (Å²) in [5.41, 5.74) is 1.18. The molecule has 94 valence electrons. The Bertz CT molecular complexity index is 451. The molecule has 2 aliphatic rings. The maximum Gasteiger partial charge on any atom is 0.351 e. The van der Waals surface area contributed by atoms with Crippen LogP contribution in [0.15, 0.2) is 30.3 Å².